The van der Waals surface area contributed by atoms with Crippen LogP contribution in [0, 0.1) is 0 Å². The Hall–Kier alpha value is -0.160. The van der Waals surface area contributed by atoms with E-state index in [9.17, 15) is 0 Å². The van der Waals surface area contributed by atoms with Crippen LogP contribution in [-0.2, 0) is 18.9 Å². The minimum absolute atomic E-state index is 0.0840. The molecule has 0 saturated heterocycles. The van der Waals surface area contributed by atoms with Crippen LogP contribution >= 0.6 is 0 Å². The summed E-state index contributed by atoms with van der Waals surface area (Å²) in [6.45, 7) is 13.8. The third kappa shape index (κ3) is 12.9. The first-order chi connectivity index (χ1) is 9.60. The van der Waals surface area contributed by atoms with Crippen molar-refractivity contribution in [3.05, 3.63) is 0 Å². The molecule has 20 heavy (non-hydrogen) atoms. The van der Waals surface area contributed by atoms with Gasteiger partial charge >= 0.3 is 0 Å². The van der Waals surface area contributed by atoms with E-state index in [1.54, 1.807) is 0 Å². The van der Waals surface area contributed by atoms with Crippen LogP contribution in [0.3, 0.4) is 0 Å². The molecular formula is C16H34O4. The molecule has 0 fully saturated rings. The van der Waals surface area contributed by atoms with Gasteiger partial charge in [-0.25, -0.2) is 0 Å². The van der Waals surface area contributed by atoms with Gasteiger partial charge in [0, 0.05) is 13.2 Å². The van der Waals surface area contributed by atoms with Crippen LogP contribution in [0.5, 0.6) is 0 Å². The fourth-order valence-electron chi connectivity index (χ4n) is 1.56. The number of hydrogen-bond acceptors (Lipinski definition) is 4. The predicted octanol–water partition coefficient (Wildman–Crippen LogP) is 3.43. The second-order valence-electron chi connectivity index (χ2n) is 5.40. The second kappa shape index (κ2) is 13.8. The molecular weight excluding hydrogens is 256 g/mol. The molecule has 0 aromatic rings. The fourth-order valence-corrected chi connectivity index (χ4v) is 1.56. The molecule has 0 radical (unpaired) electrons. The van der Waals surface area contributed by atoms with Crippen LogP contribution in [0.4, 0.5) is 0 Å². The molecule has 3 atom stereocenters. The summed E-state index contributed by atoms with van der Waals surface area (Å²) in [7, 11) is 0. The average Bonchev–Trinajstić information content (AvgIpc) is 2.45. The summed E-state index contributed by atoms with van der Waals surface area (Å²) in [4.78, 5) is 0. The Morgan fingerprint density at radius 2 is 1.20 bits per heavy atom. The van der Waals surface area contributed by atoms with E-state index in [4.69, 9.17) is 18.9 Å². The Bertz CT molecular complexity index is 199. The van der Waals surface area contributed by atoms with Crippen molar-refractivity contribution < 1.29 is 18.9 Å². The minimum Gasteiger partial charge on any atom is -0.379 e. The third-order valence-corrected chi connectivity index (χ3v) is 2.83. The van der Waals surface area contributed by atoms with E-state index in [0.717, 1.165) is 26.1 Å². The molecule has 0 rings (SSSR count). The summed E-state index contributed by atoms with van der Waals surface area (Å²) in [5.41, 5.74) is 0. The summed E-state index contributed by atoms with van der Waals surface area (Å²) in [5, 5.41) is 0. The maximum absolute atomic E-state index is 5.71. The summed E-state index contributed by atoms with van der Waals surface area (Å²) in [5.74, 6) is 0. The summed E-state index contributed by atoms with van der Waals surface area (Å²) >= 11 is 0. The highest BCUT2D eigenvalue weighted by atomic mass is 16.6. The van der Waals surface area contributed by atoms with Crippen LogP contribution in [0.1, 0.15) is 53.9 Å². The summed E-state index contributed by atoms with van der Waals surface area (Å²) in [6, 6.07) is 0. The van der Waals surface area contributed by atoms with Gasteiger partial charge < -0.3 is 18.9 Å². The topological polar surface area (TPSA) is 36.9 Å². The van der Waals surface area contributed by atoms with Crippen LogP contribution in [0.15, 0.2) is 0 Å². The van der Waals surface area contributed by atoms with Crippen LogP contribution in [0.2, 0.25) is 0 Å². The lowest BCUT2D eigenvalue weighted by atomic mass is 10.3. The Morgan fingerprint density at radius 3 is 1.75 bits per heavy atom. The zero-order valence-electron chi connectivity index (χ0n) is 14.0. The molecule has 0 aliphatic rings. The van der Waals surface area contributed by atoms with E-state index >= 15 is 0 Å². The fraction of sp³-hybridized carbons (Fsp3) is 1.00. The molecule has 0 spiro atoms. The molecule has 122 valence electrons. The molecule has 4 nitrogen and oxygen atoms in total. The van der Waals surface area contributed by atoms with E-state index in [1.165, 1.54) is 6.42 Å². The van der Waals surface area contributed by atoms with Gasteiger partial charge in [0.05, 0.1) is 38.1 Å². The van der Waals surface area contributed by atoms with Gasteiger partial charge in [-0.05, 0) is 33.6 Å². The van der Waals surface area contributed by atoms with E-state index in [2.05, 4.69) is 13.8 Å². The second-order valence-corrected chi connectivity index (χ2v) is 5.40. The smallest absolute Gasteiger partial charge is 0.0781 e. The number of hydrogen-bond donors (Lipinski definition) is 0. The van der Waals surface area contributed by atoms with Gasteiger partial charge in [0.1, 0.15) is 0 Å². The Labute approximate surface area is 125 Å². The van der Waals surface area contributed by atoms with Gasteiger partial charge in [0.25, 0.3) is 0 Å². The minimum atomic E-state index is 0.0840. The van der Waals surface area contributed by atoms with E-state index in [1.807, 2.05) is 20.8 Å². The van der Waals surface area contributed by atoms with Gasteiger partial charge in [0.15, 0.2) is 0 Å². The zero-order valence-corrected chi connectivity index (χ0v) is 14.0. The van der Waals surface area contributed by atoms with Crippen LogP contribution < -0.4 is 0 Å². The van der Waals surface area contributed by atoms with Gasteiger partial charge in [-0.3, -0.25) is 0 Å². The quantitative estimate of drug-likeness (QED) is 0.459. The molecule has 0 bridgehead atoms. The monoisotopic (exact) mass is 290 g/mol. The van der Waals surface area contributed by atoms with Crippen LogP contribution in [-0.4, -0.2) is 51.3 Å². The summed E-state index contributed by atoms with van der Waals surface area (Å²) < 4.78 is 22.5. The van der Waals surface area contributed by atoms with Gasteiger partial charge in [-0.1, -0.05) is 20.3 Å². The Morgan fingerprint density at radius 1 is 0.650 bits per heavy atom. The SMILES string of the molecule is CCCCOCC(C)OCC(C)OCC(C)OCCC. The average molecular weight is 290 g/mol. The van der Waals surface area contributed by atoms with Gasteiger partial charge in [0.2, 0.25) is 0 Å². The van der Waals surface area contributed by atoms with Crippen molar-refractivity contribution in [2.45, 2.75) is 72.2 Å². The predicted molar refractivity (Wildman–Crippen MR) is 82.3 cm³/mol. The molecule has 3 unspecified atom stereocenters. The van der Waals surface area contributed by atoms with Gasteiger partial charge in [-0.2, -0.15) is 0 Å². The maximum atomic E-state index is 5.71. The lowest BCUT2D eigenvalue weighted by Crippen LogP contribution is -2.26. The largest absolute Gasteiger partial charge is 0.379 e. The molecule has 4 heteroatoms. The highest BCUT2D eigenvalue weighted by Crippen LogP contribution is 2.01. The van der Waals surface area contributed by atoms with Crippen molar-refractivity contribution in [3.63, 3.8) is 0 Å². The molecule has 0 aliphatic carbocycles. The molecule has 0 aromatic carbocycles. The highest BCUT2D eigenvalue weighted by Gasteiger charge is 2.09. The molecule has 0 heterocycles. The number of rotatable bonds is 14. The highest BCUT2D eigenvalue weighted by molar-refractivity contribution is 4.55. The van der Waals surface area contributed by atoms with Crippen molar-refractivity contribution in [2.24, 2.45) is 0 Å². The third-order valence-electron chi connectivity index (χ3n) is 2.83. The van der Waals surface area contributed by atoms with Crippen LogP contribution in [0.25, 0.3) is 0 Å². The molecule has 0 aromatic heterocycles. The lowest BCUT2D eigenvalue weighted by molar-refractivity contribution is -0.0798. The Kier molecular flexibility index (Phi) is 13.7. The van der Waals surface area contributed by atoms with E-state index in [-0.39, 0.29) is 18.3 Å². The summed E-state index contributed by atoms with van der Waals surface area (Å²) in [6.07, 6.45) is 3.67. The molecule has 0 aliphatic heterocycles. The van der Waals surface area contributed by atoms with Crippen molar-refractivity contribution in [1.29, 1.82) is 0 Å². The first kappa shape index (κ1) is 19.8. The molecule has 0 N–H and O–H groups in total. The molecule has 0 amide bonds. The van der Waals surface area contributed by atoms with Crippen molar-refractivity contribution in [3.8, 4) is 0 Å². The first-order valence-electron chi connectivity index (χ1n) is 8.02. The van der Waals surface area contributed by atoms with Gasteiger partial charge in [-0.15, -0.1) is 0 Å². The van der Waals surface area contributed by atoms with Crippen molar-refractivity contribution in [1.82, 2.24) is 0 Å². The van der Waals surface area contributed by atoms with E-state index in [0.29, 0.717) is 19.8 Å². The number of ether oxygens (including phenoxy) is 4. The zero-order chi connectivity index (χ0) is 15.2. The number of unbranched alkanes of at least 4 members (excludes halogenated alkanes) is 1. The Balaban J connectivity index is 3.48. The van der Waals surface area contributed by atoms with Crippen molar-refractivity contribution >= 4 is 0 Å². The maximum Gasteiger partial charge on any atom is 0.0781 e. The molecule has 0 saturated carbocycles. The first-order valence-corrected chi connectivity index (χ1v) is 8.02. The normalized spacial score (nSPS) is 16.1. The lowest BCUT2D eigenvalue weighted by Gasteiger charge is -2.20. The van der Waals surface area contributed by atoms with E-state index < -0.39 is 0 Å². The van der Waals surface area contributed by atoms with Crippen molar-refractivity contribution in [2.75, 3.05) is 33.0 Å². The standard InChI is InChI=1S/C16H34O4/c1-6-8-10-17-11-14(3)19-13-16(5)20-12-15(4)18-9-7-2/h14-16H,6-13H2,1-5H3.